The standard InChI is InChI=1S/C15H15N5O/c1-11(12-5-3-2-4-6-12)21-15-10-16-9-14(19-15)18-13-7-8-17-20-13/h2-11H,1H3,(H2,17,18,19,20). The maximum Gasteiger partial charge on any atom is 0.234 e. The van der Waals surface area contributed by atoms with Crippen molar-refractivity contribution in [3.05, 3.63) is 60.6 Å². The normalized spacial score (nSPS) is 11.9. The number of aromatic amines is 1. The predicted molar refractivity (Wildman–Crippen MR) is 79.4 cm³/mol. The Morgan fingerprint density at radius 3 is 2.76 bits per heavy atom. The maximum atomic E-state index is 5.82. The van der Waals surface area contributed by atoms with Crippen molar-refractivity contribution in [1.29, 1.82) is 0 Å². The Hall–Kier alpha value is -2.89. The number of ether oxygens (including phenoxy) is 1. The Morgan fingerprint density at radius 1 is 1.14 bits per heavy atom. The minimum Gasteiger partial charge on any atom is -0.469 e. The summed E-state index contributed by atoms with van der Waals surface area (Å²) in [5.41, 5.74) is 1.09. The number of hydrogen-bond acceptors (Lipinski definition) is 5. The van der Waals surface area contributed by atoms with Crippen molar-refractivity contribution in [2.24, 2.45) is 0 Å². The Balaban J connectivity index is 1.71. The molecule has 1 aromatic carbocycles. The minimum absolute atomic E-state index is 0.0945. The summed E-state index contributed by atoms with van der Waals surface area (Å²) in [4.78, 5) is 8.50. The highest BCUT2D eigenvalue weighted by Crippen LogP contribution is 2.20. The molecule has 2 aromatic heterocycles. The van der Waals surface area contributed by atoms with E-state index in [4.69, 9.17) is 4.74 Å². The smallest absolute Gasteiger partial charge is 0.234 e. The van der Waals surface area contributed by atoms with Crippen LogP contribution in [0.2, 0.25) is 0 Å². The molecule has 0 fully saturated rings. The fourth-order valence-electron chi connectivity index (χ4n) is 1.90. The molecular formula is C15H15N5O. The lowest BCUT2D eigenvalue weighted by Gasteiger charge is -2.14. The molecule has 0 aliphatic carbocycles. The van der Waals surface area contributed by atoms with Gasteiger partial charge in [0.05, 0.1) is 18.6 Å². The fourth-order valence-corrected chi connectivity index (χ4v) is 1.90. The first kappa shape index (κ1) is 13.1. The zero-order valence-corrected chi connectivity index (χ0v) is 11.5. The first-order chi connectivity index (χ1) is 10.3. The molecule has 2 heterocycles. The van der Waals surface area contributed by atoms with Crippen molar-refractivity contribution in [1.82, 2.24) is 20.2 Å². The second kappa shape index (κ2) is 6.04. The number of hydrogen-bond donors (Lipinski definition) is 2. The lowest BCUT2D eigenvalue weighted by atomic mass is 10.1. The van der Waals surface area contributed by atoms with Gasteiger partial charge in [-0.05, 0) is 12.5 Å². The monoisotopic (exact) mass is 281 g/mol. The quantitative estimate of drug-likeness (QED) is 0.751. The van der Waals surface area contributed by atoms with Crippen molar-refractivity contribution < 1.29 is 4.74 Å². The van der Waals surface area contributed by atoms with Crippen molar-refractivity contribution >= 4 is 11.6 Å². The summed E-state index contributed by atoms with van der Waals surface area (Å²) in [5.74, 6) is 1.81. The van der Waals surface area contributed by atoms with E-state index in [1.165, 1.54) is 0 Å². The van der Waals surface area contributed by atoms with Gasteiger partial charge in [-0.1, -0.05) is 30.3 Å². The molecule has 0 saturated heterocycles. The van der Waals surface area contributed by atoms with Gasteiger partial charge in [-0.15, -0.1) is 0 Å². The zero-order valence-electron chi connectivity index (χ0n) is 11.5. The molecule has 1 atom stereocenters. The SMILES string of the molecule is CC(Oc1cncc(Nc2ccn[nH]2)n1)c1ccccc1. The summed E-state index contributed by atoms with van der Waals surface area (Å²) in [7, 11) is 0. The highest BCUT2D eigenvalue weighted by molar-refractivity contribution is 5.49. The van der Waals surface area contributed by atoms with Crippen LogP contribution in [0.4, 0.5) is 11.6 Å². The molecule has 0 spiro atoms. The number of rotatable bonds is 5. The van der Waals surface area contributed by atoms with Gasteiger partial charge in [0.2, 0.25) is 5.88 Å². The lowest BCUT2D eigenvalue weighted by molar-refractivity contribution is 0.217. The third-order valence-electron chi connectivity index (χ3n) is 2.94. The number of benzene rings is 1. The van der Waals surface area contributed by atoms with E-state index in [0.29, 0.717) is 11.7 Å². The van der Waals surface area contributed by atoms with Gasteiger partial charge in [0, 0.05) is 6.07 Å². The van der Waals surface area contributed by atoms with Crippen molar-refractivity contribution in [3.8, 4) is 5.88 Å². The van der Waals surface area contributed by atoms with Crippen LogP contribution in [0.15, 0.2) is 55.0 Å². The summed E-state index contributed by atoms with van der Waals surface area (Å²) in [6, 6.07) is 11.8. The van der Waals surface area contributed by atoms with Crippen LogP contribution in [-0.2, 0) is 0 Å². The molecular weight excluding hydrogens is 266 g/mol. The van der Waals surface area contributed by atoms with Crippen molar-refractivity contribution in [3.63, 3.8) is 0 Å². The van der Waals surface area contributed by atoms with E-state index >= 15 is 0 Å². The second-order valence-corrected chi connectivity index (χ2v) is 4.51. The third-order valence-corrected chi connectivity index (χ3v) is 2.94. The van der Waals surface area contributed by atoms with Gasteiger partial charge in [0.1, 0.15) is 11.9 Å². The Labute approximate surface area is 122 Å². The molecule has 0 bridgehead atoms. The Kier molecular flexibility index (Phi) is 3.77. The zero-order chi connectivity index (χ0) is 14.5. The molecule has 106 valence electrons. The van der Waals surface area contributed by atoms with Crippen LogP contribution < -0.4 is 10.1 Å². The molecule has 6 nitrogen and oxygen atoms in total. The molecule has 1 unspecified atom stereocenters. The molecule has 3 rings (SSSR count). The summed E-state index contributed by atoms with van der Waals surface area (Å²) < 4.78 is 5.82. The van der Waals surface area contributed by atoms with Crippen LogP contribution >= 0.6 is 0 Å². The molecule has 0 radical (unpaired) electrons. The van der Waals surface area contributed by atoms with Gasteiger partial charge in [0.15, 0.2) is 5.82 Å². The Bertz CT molecular complexity index is 684. The van der Waals surface area contributed by atoms with E-state index in [-0.39, 0.29) is 6.10 Å². The van der Waals surface area contributed by atoms with Gasteiger partial charge in [-0.25, -0.2) is 0 Å². The van der Waals surface area contributed by atoms with E-state index in [9.17, 15) is 0 Å². The van der Waals surface area contributed by atoms with E-state index in [1.54, 1.807) is 18.6 Å². The third kappa shape index (κ3) is 3.36. The molecule has 6 heteroatoms. The first-order valence-electron chi connectivity index (χ1n) is 6.61. The van der Waals surface area contributed by atoms with Crippen molar-refractivity contribution in [2.75, 3.05) is 5.32 Å². The highest BCUT2D eigenvalue weighted by Gasteiger charge is 2.08. The molecule has 3 aromatic rings. The summed E-state index contributed by atoms with van der Waals surface area (Å²) in [6.07, 6.45) is 4.79. The number of nitrogens with one attached hydrogen (secondary N) is 2. The van der Waals surface area contributed by atoms with Gasteiger partial charge in [-0.2, -0.15) is 10.1 Å². The molecule has 2 N–H and O–H groups in total. The van der Waals surface area contributed by atoms with Crippen LogP contribution in [0.1, 0.15) is 18.6 Å². The molecule has 0 saturated carbocycles. The highest BCUT2D eigenvalue weighted by atomic mass is 16.5. The van der Waals surface area contributed by atoms with Crippen LogP contribution in [-0.4, -0.2) is 20.2 Å². The largest absolute Gasteiger partial charge is 0.469 e. The number of aromatic nitrogens is 4. The van der Waals surface area contributed by atoms with Gasteiger partial charge in [-0.3, -0.25) is 10.1 Å². The topological polar surface area (TPSA) is 75.7 Å². The van der Waals surface area contributed by atoms with Crippen LogP contribution in [0.25, 0.3) is 0 Å². The molecule has 0 amide bonds. The number of anilines is 2. The second-order valence-electron chi connectivity index (χ2n) is 4.51. The lowest BCUT2D eigenvalue weighted by Crippen LogP contribution is -2.05. The summed E-state index contributed by atoms with van der Waals surface area (Å²) in [6.45, 7) is 1.98. The number of H-pyrrole nitrogens is 1. The average molecular weight is 281 g/mol. The van der Waals surface area contributed by atoms with E-state index in [0.717, 1.165) is 11.4 Å². The van der Waals surface area contributed by atoms with E-state index < -0.39 is 0 Å². The molecule has 21 heavy (non-hydrogen) atoms. The average Bonchev–Trinajstić information content (AvgIpc) is 3.01. The van der Waals surface area contributed by atoms with Crippen molar-refractivity contribution in [2.45, 2.75) is 13.0 Å². The van der Waals surface area contributed by atoms with Gasteiger partial charge < -0.3 is 10.1 Å². The predicted octanol–water partition coefficient (Wildman–Crippen LogP) is 3.08. The fraction of sp³-hybridized carbons (Fsp3) is 0.133. The first-order valence-corrected chi connectivity index (χ1v) is 6.61. The van der Waals surface area contributed by atoms with Gasteiger partial charge >= 0.3 is 0 Å². The molecule has 0 aliphatic heterocycles. The van der Waals surface area contributed by atoms with Gasteiger partial charge in [0.25, 0.3) is 0 Å². The van der Waals surface area contributed by atoms with Crippen LogP contribution in [0.3, 0.4) is 0 Å². The van der Waals surface area contributed by atoms with E-state index in [1.807, 2.05) is 43.3 Å². The Morgan fingerprint density at radius 2 is 2.00 bits per heavy atom. The van der Waals surface area contributed by atoms with E-state index in [2.05, 4.69) is 25.5 Å². The molecule has 0 aliphatic rings. The summed E-state index contributed by atoms with van der Waals surface area (Å²) >= 11 is 0. The maximum absolute atomic E-state index is 5.82. The van der Waals surface area contributed by atoms with Crippen LogP contribution in [0.5, 0.6) is 5.88 Å². The van der Waals surface area contributed by atoms with Crippen LogP contribution in [0, 0.1) is 0 Å². The number of nitrogens with zero attached hydrogens (tertiary/aromatic N) is 3. The minimum atomic E-state index is -0.0945. The summed E-state index contributed by atoms with van der Waals surface area (Å²) in [5, 5.41) is 9.73.